The molecule has 0 saturated heterocycles. The van der Waals surface area contributed by atoms with Gasteiger partial charge in [0, 0.05) is 12.8 Å². The monoisotopic (exact) mass is 343 g/mol. The summed E-state index contributed by atoms with van der Waals surface area (Å²) in [6.07, 6.45) is 6.89. The maximum atomic E-state index is 12.0. The molecule has 136 valence electrons. The number of nitrogens with one attached hydrogen (secondary N) is 1. The molecule has 1 amide bonds. The smallest absolute Gasteiger partial charge is 0.306 e. The molecule has 1 aromatic rings. The van der Waals surface area contributed by atoms with Crippen LogP contribution in [0, 0.1) is 24.7 Å². The Morgan fingerprint density at radius 2 is 1.76 bits per heavy atom. The number of hydrogen-bond acceptors (Lipinski definition) is 3. The van der Waals surface area contributed by atoms with Crippen molar-refractivity contribution in [2.75, 3.05) is 13.2 Å². The van der Waals surface area contributed by atoms with E-state index in [9.17, 15) is 9.59 Å². The molecule has 0 bridgehead atoms. The van der Waals surface area contributed by atoms with Crippen molar-refractivity contribution in [3.8, 4) is 0 Å². The Kier molecular flexibility index (Phi) is 6.11. The average Bonchev–Trinajstić information content (AvgIpc) is 3.48. The van der Waals surface area contributed by atoms with Crippen LogP contribution in [-0.4, -0.2) is 25.0 Å². The lowest BCUT2D eigenvalue weighted by atomic mass is 9.94. The lowest BCUT2D eigenvalue weighted by Crippen LogP contribution is -2.28. The summed E-state index contributed by atoms with van der Waals surface area (Å²) >= 11 is 0. The van der Waals surface area contributed by atoms with Gasteiger partial charge in [-0.05, 0) is 62.3 Å². The zero-order chi connectivity index (χ0) is 17.6. The molecular weight excluding hydrogens is 314 g/mol. The molecule has 2 saturated carbocycles. The van der Waals surface area contributed by atoms with Gasteiger partial charge < -0.3 is 10.1 Å². The molecule has 2 aliphatic carbocycles. The molecule has 4 nitrogen and oxygen atoms in total. The van der Waals surface area contributed by atoms with Crippen molar-refractivity contribution in [1.29, 1.82) is 0 Å². The number of amides is 1. The Labute approximate surface area is 150 Å². The molecule has 3 rings (SSSR count). The fourth-order valence-corrected chi connectivity index (χ4v) is 3.47. The highest BCUT2D eigenvalue weighted by atomic mass is 16.5. The van der Waals surface area contributed by atoms with E-state index in [4.69, 9.17) is 4.74 Å². The van der Waals surface area contributed by atoms with E-state index in [1.807, 2.05) is 0 Å². The van der Waals surface area contributed by atoms with E-state index in [0.29, 0.717) is 25.3 Å². The topological polar surface area (TPSA) is 55.4 Å². The summed E-state index contributed by atoms with van der Waals surface area (Å²) in [7, 11) is 0. The van der Waals surface area contributed by atoms with E-state index in [2.05, 4.69) is 36.5 Å². The zero-order valence-corrected chi connectivity index (χ0v) is 15.1. The van der Waals surface area contributed by atoms with Crippen molar-refractivity contribution in [3.63, 3.8) is 0 Å². The number of ether oxygens (including phenoxy) is 1. The van der Waals surface area contributed by atoms with Crippen LogP contribution in [0.1, 0.15) is 49.7 Å². The second-order valence-electron chi connectivity index (χ2n) is 7.60. The minimum absolute atomic E-state index is 0.00506. The minimum atomic E-state index is -0.0993. The SMILES string of the molecule is Cc1ccc(CCC(=O)NCCOC(=O)CC(C2CC2)C2CC2)cc1. The van der Waals surface area contributed by atoms with Gasteiger partial charge in [0.05, 0.1) is 6.54 Å². The molecule has 1 aromatic carbocycles. The van der Waals surface area contributed by atoms with Gasteiger partial charge >= 0.3 is 5.97 Å². The van der Waals surface area contributed by atoms with Gasteiger partial charge in [0.15, 0.2) is 0 Å². The number of benzene rings is 1. The molecule has 0 unspecified atom stereocenters. The van der Waals surface area contributed by atoms with Gasteiger partial charge in [0.25, 0.3) is 0 Å². The third-order valence-electron chi connectivity index (χ3n) is 5.31. The number of esters is 1. The summed E-state index contributed by atoms with van der Waals surface area (Å²) in [5, 5.41) is 2.83. The molecule has 25 heavy (non-hydrogen) atoms. The summed E-state index contributed by atoms with van der Waals surface area (Å²) in [6.45, 7) is 2.72. The van der Waals surface area contributed by atoms with E-state index in [1.54, 1.807) is 0 Å². The summed E-state index contributed by atoms with van der Waals surface area (Å²) in [4.78, 5) is 23.8. The number of aryl methyl sites for hydroxylation is 2. The Morgan fingerprint density at radius 3 is 2.36 bits per heavy atom. The van der Waals surface area contributed by atoms with E-state index in [1.165, 1.54) is 36.8 Å². The van der Waals surface area contributed by atoms with Crippen molar-refractivity contribution in [1.82, 2.24) is 5.32 Å². The predicted molar refractivity (Wildman–Crippen MR) is 97.0 cm³/mol. The third kappa shape index (κ3) is 6.18. The molecule has 1 N–H and O–H groups in total. The number of carbonyl (C=O) groups is 2. The second-order valence-corrected chi connectivity index (χ2v) is 7.60. The van der Waals surface area contributed by atoms with Crippen LogP contribution in [-0.2, 0) is 20.7 Å². The first-order chi connectivity index (χ1) is 12.1. The lowest BCUT2D eigenvalue weighted by Gasteiger charge is -2.14. The molecule has 4 heteroatoms. The number of carbonyl (C=O) groups excluding carboxylic acids is 2. The first-order valence-electron chi connectivity index (χ1n) is 9.59. The highest BCUT2D eigenvalue weighted by Crippen LogP contribution is 2.50. The number of hydrogen-bond donors (Lipinski definition) is 1. The highest BCUT2D eigenvalue weighted by molar-refractivity contribution is 5.76. The molecule has 0 heterocycles. The van der Waals surface area contributed by atoms with Crippen molar-refractivity contribution < 1.29 is 14.3 Å². The number of rotatable bonds is 10. The quantitative estimate of drug-likeness (QED) is 0.523. The van der Waals surface area contributed by atoms with Gasteiger partial charge in [0.2, 0.25) is 5.91 Å². The Balaban J connectivity index is 1.25. The molecule has 0 radical (unpaired) electrons. The molecule has 0 aliphatic heterocycles. The molecule has 0 aromatic heterocycles. The van der Waals surface area contributed by atoms with E-state index in [-0.39, 0.29) is 18.5 Å². The normalized spacial score (nSPS) is 16.7. The van der Waals surface area contributed by atoms with Crippen LogP contribution < -0.4 is 5.32 Å². The summed E-state index contributed by atoms with van der Waals surface area (Å²) in [5.41, 5.74) is 2.39. The van der Waals surface area contributed by atoms with Crippen molar-refractivity contribution in [2.45, 2.75) is 51.9 Å². The molecular formula is C21H29NO3. The zero-order valence-electron chi connectivity index (χ0n) is 15.1. The van der Waals surface area contributed by atoms with Gasteiger partial charge in [-0.2, -0.15) is 0 Å². The molecule has 0 atom stereocenters. The van der Waals surface area contributed by atoms with Gasteiger partial charge in [-0.3, -0.25) is 9.59 Å². The van der Waals surface area contributed by atoms with Crippen LogP contribution in [0.5, 0.6) is 0 Å². The fourth-order valence-electron chi connectivity index (χ4n) is 3.47. The Hall–Kier alpha value is -1.84. The van der Waals surface area contributed by atoms with E-state index in [0.717, 1.165) is 18.3 Å². The maximum Gasteiger partial charge on any atom is 0.306 e. The van der Waals surface area contributed by atoms with Crippen LogP contribution in [0.4, 0.5) is 0 Å². The molecule has 2 aliphatic rings. The van der Waals surface area contributed by atoms with E-state index < -0.39 is 0 Å². The van der Waals surface area contributed by atoms with Crippen LogP contribution in [0.3, 0.4) is 0 Å². The van der Waals surface area contributed by atoms with E-state index >= 15 is 0 Å². The van der Waals surface area contributed by atoms with Gasteiger partial charge in [-0.25, -0.2) is 0 Å². The summed E-state index contributed by atoms with van der Waals surface area (Å²) in [6, 6.07) is 8.23. The maximum absolute atomic E-state index is 12.0. The van der Waals surface area contributed by atoms with Crippen LogP contribution in [0.15, 0.2) is 24.3 Å². The Bertz CT molecular complexity index is 576. The summed E-state index contributed by atoms with van der Waals surface area (Å²) < 4.78 is 5.30. The van der Waals surface area contributed by atoms with Crippen molar-refractivity contribution in [3.05, 3.63) is 35.4 Å². The fraction of sp³-hybridized carbons (Fsp3) is 0.619. The molecule has 2 fully saturated rings. The standard InChI is InChI=1S/C21H29NO3/c1-15-2-4-16(5-3-15)6-11-20(23)22-12-13-25-21(24)14-19(17-7-8-17)18-9-10-18/h2-5,17-19H,6-14H2,1H3,(H,22,23). The van der Waals surface area contributed by atoms with Crippen LogP contribution in [0.2, 0.25) is 0 Å². The third-order valence-corrected chi connectivity index (χ3v) is 5.31. The largest absolute Gasteiger partial charge is 0.464 e. The van der Waals surface area contributed by atoms with Crippen molar-refractivity contribution in [2.24, 2.45) is 17.8 Å². The lowest BCUT2D eigenvalue weighted by molar-refractivity contribution is -0.145. The highest BCUT2D eigenvalue weighted by Gasteiger charge is 2.42. The average molecular weight is 343 g/mol. The van der Waals surface area contributed by atoms with Gasteiger partial charge in [-0.15, -0.1) is 0 Å². The first kappa shape index (κ1) is 18.0. The van der Waals surface area contributed by atoms with Gasteiger partial charge in [-0.1, -0.05) is 29.8 Å². The second kappa shape index (κ2) is 8.50. The summed E-state index contributed by atoms with van der Waals surface area (Å²) in [5.74, 6) is 1.99. The Morgan fingerprint density at radius 1 is 1.12 bits per heavy atom. The molecule has 0 spiro atoms. The van der Waals surface area contributed by atoms with Gasteiger partial charge in [0.1, 0.15) is 6.61 Å². The van der Waals surface area contributed by atoms with Crippen LogP contribution >= 0.6 is 0 Å². The van der Waals surface area contributed by atoms with Crippen molar-refractivity contribution >= 4 is 11.9 Å². The first-order valence-corrected chi connectivity index (χ1v) is 9.59. The van der Waals surface area contributed by atoms with Crippen LogP contribution in [0.25, 0.3) is 0 Å². The predicted octanol–water partition coefficient (Wildman–Crippen LogP) is 3.41. The minimum Gasteiger partial charge on any atom is -0.464 e.